The van der Waals surface area contributed by atoms with E-state index >= 15 is 0 Å². The third-order valence-corrected chi connectivity index (χ3v) is 24.0. The van der Waals surface area contributed by atoms with Gasteiger partial charge in [0, 0.05) is 115 Å². The zero-order valence-corrected chi connectivity index (χ0v) is 58.7. The van der Waals surface area contributed by atoms with Crippen LogP contribution in [0.5, 0.6) is 0 Å². The first-order valence-electron chi connectivity index (χ1n) is 36.0. The van der Waals surface area contributed by atoms with E-state index in [1.165, 1.54) is 68.3 Å². The topological polar surface area (TPSA) is 16.2 Å². The second kappa shape index (κ2) is 25.0. The van der Waals surface area contributed by atoms with E-state index in [1.807, 2.05) is 23.1 Å². The minimum atomic E-state index is -0.220. The number of nitrogens with zero attached hydrogens (tertiary/aromatic N) is 5. The normalized spacial score (nSPS) is 12.8. The molecule has 0 atom stereocenters. The Kier molecular flexibility index (Phi) is 14.5. The van der Waals surface area contributed by atoms with Crippen molar-refractivity contribution < 1.29 is 0 Å². The van der Waals surface area contributed by atoms with Crippen LogP contribution in [-0.4, -0.2) is 13.4 Å². The summed E-state index contributed by atoms with van der Waals surface area (Å²) in [6.45, 7) is -0.384. The van der Waals surface area contributed by atoms with E-state index in [-0.39, 0.29) is 13.4 Å². The predicted molar refractivity (Wildman–Crippen MR) is 449 cm³/mol. The van der Waals surface area contributed by atoms with Crippen molar-refractivity contribution in [2.24, 2.45) is 0 Å². The molecule has 490 valence electrons. The van der Waals surface area contributed by atoms with Crippen molar-refractivity contribution in [2.75, 3.05) is 24.5 Å². The quantitative estimate of drug-likeness (QED) is 0.113. The van der Waals surface area contributed by atoms with Gasteiger partial charge in [0.15, 0.2) is 0 Å². The molecule has 5 nitrogen and oxygen atoms in total. The number of fused-ring (bicyclic) bond motifs is 11. The molecular weight excluding hydrogens is 1310 g/mol. The number of rotatable bonds is 12. The number of benzene rings is 16. The van der Waals surface area contributed by atoms with Crippen molar-refractivity contribution in [1.82, 2.24) is 0 Å². The van der Waals surface area contributed by atoms with Crippen LogP contribution in [0.3, 0.4) is 0 Å². The molecule has 5 heterocycles. The zero-order chi connectivity index (χ0) is 69.1. The molecule has 0 aliphatic carbocycles. The molecule has 0 saturated heterocycles. The summed E-state index contributed by atoms with van der Waals surface area (Å²) in [5.41, 5.74) is 30.9. The summed E-state index contributed by atoms with van der Waals surface area (Å²) in [5.74, 6) is 0. The Morgan fingerprint density at radius 1 is 0.248 bits per heavy atom. The molecule has 17 aromatic rings. The molecule has 105 heavy (non-hydrogen) atoms. The van der Waals surface area contributed by atoms with Gasteiger partial charge in [0.1, 0.15) is 0 Å². The highest BCUT2D eigenvalue weighted by molar-refractivity contribution is 8.00. The van der Waals surface area contributed by atoms with Crippen LogP contribution in [0.2, 0.25) is 0 Å². The number of anilines is 15. The monoisotopic (exact) mass is 1370 g/mol. The minimum absolute atomic E-state index is 0.164. The van der Waals surface area contributed by atoms with Gasteiger partial charge < -0.3 is 24.5 Å². The highest BCUT2D eigenvalue weighted by Gasteiger charge is 2.49. The van der Waals surface area contributed by atoms with Crippen molar-refractivity contribution in [2.45, 2.75) is 9.79 Å². The molecule has 4 aliphatic rings. The van der Waals surface area contributed by atoms with Gasteiger partial charge in [-0.25, -0.2) is 0 Å². The summed E-state index contributed by atoms with van der Waals surface area (Å²) in [4.78, 5) is 15.3. The van der Waals surface area contributed by atoms with Gasteiger partial charge >= 0.3 is 0 Å². The van der Waals surface area contributed by atoms with E-state index in [2.05, 4.69) is 407 Å². The third kappa shape index (κ3) is 9.87. The highest BCUT2D eigenvalue weighted by Crippen LogP contribution is 2.55. The Bertz CT molecular complexity index is 6220. The molecule has 0 radical (unpaired) electrons. The summed E-state index contributed by atoms with van der Waals surface area (Å²) >= 11 is 3.78. The Hall–Kier alpha value is -12.8. The summed E-state index contributed by atoms with van der Waals surface area (Å²) < 4.78 is 2.54. The largest absolute Gasteiger partial charge is 0.311 e. The van der Waals surface area contributed by atoms with E-state index in [4.69, 9.17) is 0 Å². The number of thiophene rings is 1. The Balaban J connectivity index is 0.907. The molecule has 0 unspecified atom stereocenters. The summed E-state index contributed by atoms with van der Waals surface area (Å²) in [6, 6.07) is 143. The molecule has 0 saturated carbocycles. The van der Waals surface area contributed by atoms with Crippen molar-refractivity contribution in [1.29, 1.82) is 0 Å². The fourth-order valence-electron chi connectivity index (χ4n) is 17.3. The van der Waals surface area contributed by atoms with Crippen LogP contribution in [0.15, 0.2) is 392 Å². The lowest BCUT2D eigenvalue weighted by atomic mass is 9.30. The standard InChI is InChI=1S/C96H63B2N5S2/c1-7-32-64(33-8-1)72-44-19-25-52-82(72)100(68-40-15-5-16-41-68)71-60-90-95-93(61-71)104-92-57-30-24-51-79(92)98(95)81-62-80-86(63-87(81)102(90)83-53-26-20-45-73(83)65-34-9-2-10-35-65)103(84-54-27-21-46-74(84)76-48-31-49-77-75-47-22-29-56-91(75)105-96(76)77)89-59-70(99(66-36-11-3-12-37-66)67-38-13-4-14-39-67)58-88-94(89)97(80)78-50-23-28-55-85(78)101(88)69-42-17-6-18-43-69/h1-63H. The van der Waals surface area contributed by atoms with Crippen LogP contribution in [0.25, 0.3) is 53.6 Å². The average molecular weight is 1370 g/mol. The number of hydrogen-bond acceptors (Lipinski definition) is 7. The smallest absolute Gasteiger partial charge is 0.252 e. The third-order valence-electron chi connectivity index (χ3n) is 21.6. The molecule has 0 amide bonds. The van der Waals surface area contributed by atoms with Crippen molar-refractivity contribution >= 4 is 175 Å². The molecule has 0 fully saturated rings. The summed E-state index contributed by atoms with van der Waals surface area (Å²) in [5, 5.41) is 2.53. The van der Waals surface area contributed by atoms with E-state index < -0.39 is 0 Å². The molecule has 21 rings (SSSR count). The number of hydrogen-bond donors (Lipinski definition) is 0. The molecular formula is C96H63B2N5S2. The van der Waals surface area contributed by atoms with Crippen LogP contribution < -0.4 is 57.3 Å². The fourth-order valence-corrected chi connectivity index (χ4v) is 19.7. The SMILES string of the molecule is c1ccc(-c2ccccc2N(c2ccccc2)c2cc3c4c(c2)N(c2ccccc2-c2ccccc2)c2cc5c(cc2B4c2ccccc2S3)B2c3ccccc3N(c3ccccc3)c3cc(N(c4ccccc4)c4ccccc4)cc(c32)N5c2ccccc2-c2cccc3c2sc2ccccc23)cc1. The fraction of sp³-hybridized carbons (Fsp3) is 0. The lowest BCUT2D eigenvalue weighted by molar-refractivity contribution is 1.21. The summed E-state index contributed by atoms with van der Waals surface area (Å²) in [6.07, 6.45) is 0. The van der Waals surface area contributed by atoms with Crippen LogP contribution >= 0.6 is 23.1 Å². The molecule has 9 heteroatoms. The summed E-state index contributed by atoms with van der Waals surface area (Å²) in [7, 11) is 0. The molecule has 0 spiro atoms. The van der Waals surface area contributed by atoms with Crippen LogP contribution in [0, 0.1) is 0 Å². The van der Waals surface area contributed by atoms with Crippen molar-refractivity contribution in [3.8, 4) is 33.4 Å². The van der Waals surface area contributed by atoms with Gasteiger partial charge in [-0.2, -0.15) is 0 Å². The van der Waals surface area contributed by atoms with Gasteiger partial charge in [-0.3, -0.25) is 0 Å². The van der Waals surface area contributed by atoms with Crippen molar-refractivity contribution in [3.05, 3.63) is 382 Å². The second-order valence-electron chi connectivity index (χ2n) is 27.4. The molecule has 1 aromatic heterocycles. The Morgan fingerprint density at radius 3 is 1.37 bits per heavy atom. The zero-order valence-electron chi connectivity index (χ0n) is 57.1. The van der Waals surface area contributed by atoms with Gasteiger partial charge in [-0.15, -0.1) is 11.3 Å². The minimum Gasteiger partial charge on any atom is -0.311 e. The van der Waals surface area contributed by atoms with Gasteiger partial charge in [0.25, 0.3) is 6.71 Å². The van der Waals surface area contributed by atoms with E-state index in [9.17, 15) is 0 Å². The van der Waals surface area contributed by atoms with Crippen LogP contribution in [0.1, 0.15) is 0 Å². The first kappa shape index (κ1) is 60.9. The van der Waals surface area contributed by atoms with Crippen LogP contribution in [0.4, 0.5) is 85.3 Å². The van der Waals surface area contributed by atoms with Crippen LogP contribution in [-0.2, 0) is 0 Å². The van der Waals surface area contributed by atoms with Gasteiger partial charge in [-0.05, 0) is 154 Å². The van der Waals surface area contributed by atoms with Crippen molar-refractivity contribution in [3.63, 3.8) is 0 Å². The average Bonchev–Trinajstić information content (AvgIpc) is 1.57. The van der Waals surface area contributed by atoms with E-state index in [0.29, 0.717) is 0 Å². The lowest BCUT2D eigenvalue weighted by Gasteiger charge is -2.47. The number of para-hydroxylation sites is 8. The highest BCUT2D eigenvalue weighted by atomic mass is 32.2. The van der Waals surface area contributed by atoms with Gasteiger partial charge in [-0.1, -0.05) is 284 Å². The molecule has 0 N–H and O–H groups in total. The molecule has 0 bridgehead atoms. The maximum absolute atomic E-state index is 2.68. The molecule has 4 aliphatic heterocycles. The maximum atomic E-state index is 2.68. The Morgan fingerprint density at radius 2 is 0.705 bits per heavy atom. The first-order chi connectivity index (χ1) is 52.1. The lowest BCUT2D eigenvalue weighted by Crippen LogP contribution is -2.64. The first-order valence-corrected chi connectivity index (χ1v) is 37.7. The Labute approximate surface area is 620 Å². The molecule has 16 aromatic carbocycles. The van der Waals surface area contributed by atoms with Gasteiger partial charge in [0.05, 0.1) is 22.7 Å². The van der Waals surface area contributed by atoms with E-state index in [0.717, 1.165) is 113 Å². The maximum Gasteiger partial charge on any atom is 0.252 e. The van der Waals surface area contributed by atoms with E-state index in [1.54, 1.807) is 0 Å². The van der Waals surface area contributed by atoms with Gasteiger partial charge in [0.2, 0.25) is 6.71 Å². The predicted octanol–water partition coefficient (Wildman–Crippen LogP) is 22.8. The second-order valence-corrected chi connectivity index (χ2v) is 29.5.